The summed E-state index contributed by atoms with van der Waals surface area (Å²) in [7, 11) is 0. The van der Waals surface area contributed by atoms with Crippen molar-refractivity contribution in [3.63, 3.8) is 0 Å². The summed E-state index contributed by atoms with van der Waals surface area (Å²) in [5, 5.41) is 0.892. The number of epoxide rings is 1. The molecule has 0 saturated carbocycles. The number of rotatable bonds is 5. The summed E-state index contributed by atoms with van der Waals surface area (Å²) in [6, 6.07) is 8.68. The van der Waals surface area contributed by atoms with E-state index < -0.39 is 0 Å². The maximum absolute atomic E-state index is 11.2. The van der Waals surface area contributed by atoms with Crippen LogP contribution in [-0.2, 0) is 4.74 Å². The zero-order valence-electron chi connectivity index (χ0n) is 10.8. The molecule has 0 radical (unpaired) electrons. The molecule has 0 amide bonds. The first kappa shape index (κ1) is 12.2. The third-order valence-corrected chi connectivity index (χ3v) is 3.36. The van der Waals surface area contributed by atoms with Crippen molar-refractivity contribution in [3.05, 3.63) is 40.8 Å². The Kier molecular flexibility index (Phi) is 3.25. The maximum Gasteiger partial charge on any atom is 0.336 e. The first-order valence-corrected chi connectivity index (χ1v) is 6.58. The highest BCUT2D eigenvalue weighted by Crippen LogP contribution is 2.28. The molecule has 1 aliphatic rings. The zero-order valence-corrected chi connectivity index (χ0v) is 10.8. The van der Waals surface area contributed by atoms with Crippen LogP contribution in [0.15, 0.2) is 39.5 Å². The van der Waals surface area contributed by atoms with Gasteiger partial charge in [-0.2, -0.15) is 0 Å². The van der Waals surface area contributed by atoms with Gasteiger partial charge in [0, 0.05) is 23.9 Å². The molecule has 0 spiro atoms. The molecule has 100 valence electrons. The summed E-state index contributed by atoms with van der Waals surface area (Å²) >= 11 is 0. The van der Waals surface area contributed by atoms with Crippen LogP contribution in [-0.4, -0.2) is 18.8 Å². The second-order valence-electron chi connectivity index (χ2n) is 4.71. The van der Waals surface area contributed by atoms with E-state index in [-0.39, 0.29) is 5.63 Å². The van der Waals surface area contributed by atoms with Crippen molar-refractivity contribution in [1.29, 1.82) is 0 Å². The third kappa shape index (κ3) is 2.79. The Morgan fingerprint density at radius 1 is 1.21 bits per heavy atom. The van der Waals surface area contributed by atoms with Crippen LogP contribution in [0, 0.1) is 0 Å². The Morgan fingerprint density at radius 2 is 2.05 bits per heavy atom. The molecule has 0 aliphatic carbocycles. The van der Waals surface area contributed by atoms with Gasteiger partial charge < -0.3 is 13.9 Å². The highest BCUT2D eigenvalue weighted by atomic mass is 16.6. The van der Waals surface area contributed by atoms with Crippen molar-refractivity contribution in [2.24, 2.45) is 0 Å². The van der Waals surface area contributed by atoms with Gasteiger partial charge in [-0.3, -0.25) is 0 Å². The monoisotopic (exact) mass is 260 g/mol. The van der Waals surface area contributed by atoms with E-state index in [0.29, 0.717) is 24.4 Å². The van der Waals surface area contributed by atoms with Crippen molar-refractivity contribution in [3.8, 4) is 5.75 Å². The fourth-order valence-corrected chi connectivity index (χ4v) is 2.22. The summed E-state index contributed by atoms with van der Waals surface area (Å²) in [6.45, 7) is 2.74. The molecule has 1 aromatic carbocycles. The molecule has 3 rings (SSSR count). The molecule has 0 bridgehead atoms. The van der Waals surface area contributed by atoms with Crippen LogP contribution in [0.1, 0.15) is 19.8 Å². The molecule has 1 aliphatic heterocycles. The molecule has 4 heteroatoms. The molecule has 2 aromatic rings. The third-order valence-electron chi connectivity index (χ3n) is 3.36. The van der Waals surface area contributed by atoms with Crippen molar-refractivity contribution in [1.82, 2.24) is 0 Å². The van der Waals surface area contributed by atoms with Crippen molar-refractivity contribution < 1.29 is 13.9 Å². The second-order valence-corrected chi connectivity index (χ2v) is 4.71. The topological polar surface area (TPSA) is 52.0 Å². The van der Waals surface area contributed by atoms with Gasteiger partial charge in [0.05, 0.1) is 18.8 Å². The molecule has 0 N–H and O–H groups in total. The quantitative estimate of drug-likeness (QED) is 0.612. The van der Waals surface area contributed by atoms with E-state index in [9.17, 15) is 4.79 Å². The lowest BCUT2D eigenvalue weighted by Gasteiger charge is -2.05. The highest BCUT2D eigenvalue weighted by Gasteiger charge is 2.36. The molecular weight excluding hydrogens is 244 g/mol. The minimum Gasteiger partial charge on any atom is -0.493 e. The Hall–Kier alpha value is -1.81. The summed E-state index contributed by atoms with van der Waals surface area (Å²) in [4.78, 5) is 11.2. The van der Waals surface area contributed by atoms with Gasteiger partial charge in [-0.25, -0.2) is 4.79 Å². The molecule has 4 nitrogen and oxygen atoms in total. The Balaban J connectivity index is 1.63. The van der Waals surface area contributed by atoms with Crippen LogP contribution in [0.4, 0.5) is 0 Å². The molecule has 1 aromatic heterocycles. The maximum atomic E-state index is 11.2. The van der Waals surface area contributed by atoms with Gasteiger partial charge in [0.2, 0.25) is 0 Å². The number of benzene rings is 1. The SMILES string of the molecule is CC[C@@H]1O[C@H]1CCOc1ccc2ccc(=O)oc2c1. The van der Waals surface area contributed by atoms with Crippen LogP contribution in [0.3, 0.4) is 0 Å². The molecular formula is C15H16O4. The smallest absolute Gasteiger partial charge is 0.336 e. The molecule has 0 unspecified atom stereocenters. The van der Waals surface area contributed by atoms with E-state index in [4.69, 9.17) is 13.9 Å². The van der Waals surface area contributed by atoms with Gasteiger partial charge in [0.15, 0.2) is 0 Å². The molecule has 2 atom stereocenters. The second kappa shape index (κ2) is 5.05. The van der Waals surface area contributed by atoms with E-state index in [0.717, 1.165) is 24.0 Å². The van der Waals surface area contributed by atoms with E-state index in [1.165, 1.54) is 6.07 Å². The van der Waals surface area contributed by atoms with Gasteiger partial charge in [-0.15, -0.1) is 0 Å². The predicted molar refractivity (Wildman–Crippen MR) is 71.5 cm³/mol. The highest BCUT2D eigenvalue weighted by molar-refractivity contribution is 5.77. The lowest BCUT2D eigenvalue weighted by molar-refractivity contribution is 0.280. The lowest BCUT2D eigenvalue weighted by atomic mass is 10.2. The van der Waals surface area contributed by atoms with Crippen LogP contribution in [0.5, 0.6) is 5.75 Å². The predicted octanol–water partition coefficient (Wildman–Crippen LogP) is 2.74. The minimum absolute atomic E-state index is 0.346. The van der Waals surface area contributed by atoms with Crippen LogP contribution in [0.2, 0.25) is 0 Å². The molecule has 1 saturated heterocycles. The first-order valence-electron chi connectivity index (χ1n) is 6.58. The molecule has 19 heavy (non-hydrogen) atoms. The van der Waals surface area contributed by atoms with Gasteiger partial charge in [-0.1, -0.05) is 6.92 Å². The summed E-state index contributed by atoms with van der Waals surface area (Å²) in [6.07, 6.45) is 2.72. The van der Waals surface area contributed by atoms with Gasteiger partial charge in [0.25, 0.3) is 0 Å². The fraction of sp³-hybridized carbons (Fsp3) is 0.400. The van der Waals surface area contributed by atoms with Crippen LogP contribution < -0.4 is 10.4 Å². The summed E-state index contributed by atoms with van der Waals surface area (Å²) in [5.41, 5.74) is 0.209. The van der Waals surface area contributed by atoms with Crippen LogP contribution >= 0.6 is 0 Å². The summed E-state index contributed by atoms with van der Waals surface area (Å²) < 4.78 is 16.2. The standard InChI is InChI=1S/C15H16O4/c1-2-12-13(18-12)7-8-17-11-5-3-10-4-6-15(16)19-14(10)9-11/h3-6,9,12-13H,2,7-8H2,1H3/t12-,13-/m0/s1. The Labute approximate surface area is 110 Å². The minimum atomic E-state index is -0.346. The number of ether oxygens (including phenoxy) is 2. The van der Waals surface area contributed by atoms with Crippen LogP contribution in [0.25, 0.3) is 11.0 Å². The molecule has 1 fully saturated rings. The fourth-order valence-electron chi connectivity index (χ4n) is 2.22. The van der Waals surface area contributed by atoms with Gasteiger partial charge in [0.1, 0.15) is 11.3 Å². The summed E-state index contributed by atoms with van der Waals surface area (Å²) in [5.74, 6) is 0.718. The Bertz CT molecular complexity index is 631. The van der Waals surface area contributed by atoms with Gasteiger partial charge in [-0.05, 0) is 24.6 Å². The average Bonchev–Trinajstić information content (AvgIpc) is 3.17. The lowest BCUT2D eigenvalue weighted by Crippen LogP contribution is -2.03. The number of hydrogen-bond donors (Lipinski definition) is 0. The average molecular weight is 260 g/mol. The van der Waals surface area contributed by atoms with Gasteiger partial charge >= 0.3 is 5.63 Å². The van der Waals surface area contributed by atoms with E-state index in [1.54, 1.807) is 12.1 Å². The van der Waals surface area contributed by atoms with E-state index in [1.807, 2.05) is 12.1 Å². The Morgan fingerprint density at radius 3 is 2.84 bits per heavy atom. The number of fused-ring (bicyclic) bond motifs is 1. The first-order chi connectivity index (χ1) is 9.26. The normalized spacial score (nSPS) is 21.5. The van der Waals surface area contributed by atoms with E-state index >= 15 is 0 Å². The molecule has 2 heterocycles. The van der Waals surface area contributed by atoms with E-state index in [2.05, 4.69) is 6.92 Å². The van der Waals surface area contributed by atoms with Crippen molar-refractivity contribution >= 4 is 11.0 Å². The van der Waals surface area contributed by atoms with Crippen molar-refractivity contribution in [2.75, 3.05) is 6.61 Å². The largest absolute Gasteiger partial charge is 0.493 e. The zero-order chi connectivity index (χ0) is 13.2. The number of hydrogen-bond acceptors (Lipinski definition) is 4. The van der Waals surface area contributed by atoms with Crippen molar-refractivity contribution in [2.45, 2.75) is 32.0 Å².